The zero-order chi connectivity index (χ0) is 16.4. The van der Waals surface area contributed by atoms with Crippen LogP contribution in [-0.4, -0.2) is 47.3 Å². The number of urea groups is 1. The highest BCUT2D eigenvalue weighted by Crippen LogP contribution is 2.21. The van der Waals surface area contributed by atoms with Crippen LogP contribution < -0.4 is 15.8 Å². The highest BCUT2D eigenvalue weighted by Gasteiger charge is 2.32. The van der Waals surface area contributed by atoms with Crippen LogP contribution in [0, 0.1) is 6.92 Å². The van der Waals surface area contributed by atoms with Crippen LogP contribution >= 0.6 is 0 Å². The molecule has 2 amide bonds. The number of benzene rings is 1. The molecular formula is C16H19N5O2. The minimum absolute atomic E-state index is 0.110. The fourth-order valence-electron chi connectivity index (χ4n) is 2.55. The molecule has 7 nitrogen and oxygen atoms in total. The van der Waals surface area contributed by atoms with Gasteiger partial charge in [0.05, 0.1) is 17.9 Å². The number of anilines is 2. The van der Waals surface area contributed by atoms with Crippen LogP contribution in [0.5, 0.6) is 0 Å². The van der Waals surface area contributed by atoms with Gasteiger partial charge in [-0.3, -0.25) is 4.79 Å². The van der Waals surface area contributed by atoms with Crippen LogP contribution in [0.1, 0.15) is 5.56 Å². The van der Waals surface area contributed by atoms with E-state index in [0.717, 1.165) is 16.9 Å². The van der Waals surface area contributed by atoms with Crippen molar-refractivity contribution in [1.82, 2.24) is 15.1 Å². The number of H-pyrrole nitrogens is 1. The molecule has 120 valence electrons. The summed E-state index contributed by atoms with van der Waals surface area (Å²) in [4.78, 5) is 27.3. The molecule has 3 rings (SSSR count). The molecule has 2 aromatic rings. The lowest BCUT2D eigenvalue weighted by Crippen LogP contribution is -2.60. The quantitative estimate of drug-likeness (QED) is 0.898. The van der Waals surface area contributed by atoms with Gasteiger partial charge in [-0.1, -0.05) is 12.1 Å². The molecule has 1 aliphatic heterocycles. The molecule has 0 bridgehead atoms. The molecule has 7 heteroatoms. The van der Waals surface area contributed by atoms with Crippen molar-refractivity contribution in [2.75, 3.05) is 30.4 Å². The molecule has 0 saturated carbocycles. The average Bonchev–Trinajstić information content (AvgIpc) is 2.45. The lowest BCUT2D eigenvalue weighted by atomic mass is 10.1. The maximum Gasteiger partial charge on any atom is 0.321 e. The van der Waals surface area contributed by atoms with Gasteiger partial charge in [-0.2, -0.15) is 5.10 Å². The first-order valence-corrected chi connectivity index (χ1v) is 7.43. The van der Waals surface area contributed by atoms with Crippen molar-refractivity contribution in [2.24, 2.45) is 0 Å². The van der Waals surface area contributed by atoms with Crippen molar-refractivity contribution >= 4 is 17.4 Å². The summed E-state index contributed by atoms with van der Waals surface area (Å²) in [5.41, 5.74) is 2.44. The maximum atomic E-state index is 12.3. The Morgan fingerprint density at radius 3 is 2.87 bits per heavy atom. The van der Waals surface area contributed by atoms with E-state index in [1.54, 1.807) is 18.1 Å². The minimum atomic E-state index is -0.225. The van der Waals surface area contributed by atoms with Gasteiger partial charge in [0.1, 0.15) is 0 Å². The average molecular weight is 313 g/mol. The molecule has 1 saturated heterocycles. The van der Waals surface area contributed by atoms with Gasteiger partial charge in [0, 0.05) is 31.9 Å². The summed E-state index contributed by atoms with van der Waals surface area (Å²) in [6.07, 6.45) is 1.62. The van der Waals surface area contributed by atoms with E-state index < -0.39 is 0 Å². The molecular weight excluding hydrogens is 294 g/mol. The normalized spacial score (nSPS) is 14.3. The first kappa shape index (κ1) is 15.1. The molecule has 1 fully saturated rings. The van der Waals surface area contributed by atoms with Gasteiger partial charge >= 0.3 is 6.03 Å². The van der Waals surface area contributed by atoms with Crippen LogP contribution in [0.3, 0.4) is 0 Å². The van der Waals surface area contributed by atoms with Crippen molar-refractivity contribution in [3.8, 4) is 0 Å². The summed E-state index contributed by atoms with van der Waals surface area (Å²) in [6, 6.07) is 9.18. The fraction of sp³-hybridized carbons (Fsp3) is 0.312. The van der Waals surface area contributed by atoms with Gasteiger partial charge in [0.15, 0.2) is 0 Å². The summed E-state index contributed by atoms with van der Waals surface area (Å²) < 4.78 is 0. The van der Waals surface area contributed by atoms with E-state index >= 15 is 0 Å². The topological polar surface area (TPSA) is 81.3 Å². The van der Waals surface area contributed by atoms with Crippen LogP contribution in [0.25, 0.3) is 0 Å². The Bertz CT molecular complexity index is 767. The minimum Gasteiger partial charge on any atom is -0.366 e. The third kappa shape index (κ3) is 3.33. The van der Waals surface area contributed by atoms with Crippen LogP contribution in [0.4, 0.5) is 16.2 Å². The Hall–Kier alpha value is -2.83. The SMILES string of the molecule is Cc1cccc(NC(=O)N(C)C2CN(c3cn[nH]c(=O)c3)C2)c1. The molecule has 0 atom stereocenters. The Morgan fingerprint density at radius 2 is 2.17 bits per heavy atom. The fourth-order valence-corrected chi connectivity index (χ4v) is 2.55. The maximum absolute atomic E-state index is 12.3. The van der Waals surface area contributed by atoms with Crippen LogP contribution in [-0.2, 0) is 0 Å². The van der Waals surface area contributed by atoms with Gasteiger partial charge in [-0.15, -0.1) is 0 Å². The number of hydrogen-bond acceptors (Lipinski definition) is 4. The highest BCUT2D eigenvalue weighted by molar-refractivity contribution is 5.89. The number of rotatable bonds is 3. The standard InChI is InChI=1S/C16H19N5O2/c1-11-4-3-5-12(6-11)18-16(23)20(2)14-9-21(10-14)13-7-15(22)19-17-8-13/h3-8,14H,9-10H2,1-2H3,(H,18,23)(H,19,22). The highest BCUT2D eigenvalue weighted by atomic mass is 16.2. The Kier molecular flexibility index (Phi) is 4.01. The Morgan fingerprint density at radius 1 is 1.39 bits per heavy atom. The summed E-state index contributed by atoms with van der Waals surface area (Å²) >= 11 is 0. The van der Waals surface area contributed by atoms with Crippen molar-refractivity contribution in [1.29, 1.82) is 0 Å². The number of aromatic amines is 1. The zero-order valence-electron chi connectivity index (χ0n) is 13.1. The lowest BCUT2D eigenvalue weighted by molar-refractivity contribution is 0.192. The first-order chi connectivity index (χ1) is 11.0. The van der Waals surface area contributed by atoms with E-state index in [-0.39, 0.29) is 17.6 Å². The third-order valence-corrected chi connectivity index (χ3v) is 4.02. The molecule has 0 spiro atoms. The van der Waals surface area contributed by atoms with E-state index in [2.05, 4.69) is 15.5 Å². The summed E-state index contributed by atoms with van der Waals surface area (Å²) in [5, 5.41) is 9.03. The second kappa shape index (κ2) is 6.12. The number of nitrogens with one attached hydrogen (secondary N) is 2. The number of carbonyl (C=O) groups is 1. The molecule has 23 heavy (non-hydrogen) atoms. The lowest BCUT2D eigenvalue weighted by Gasteiger charge is -2.44. The van der Waals surface area contributed by atoms with Gasteiger partial charge in [0.25, 0.3) is 5.56 Å². The molecule has 0 radical (unpaired) electrons. The number of aryl methyl sites for hydroxylation is 1. The van der Waals surface area contributed by atoms with E-state index in [1.165, 1.54) is 6.07 Å². The van der Waals surface area contributed by atoms with E-state index in [9.17, 15) is 9.59 Å². The molecule has 2 N–H and O–H groups in total. The van der Waals surface area contributed by atoms with Crippen LogP contribution in [0.15, 0.2) is 41.3 Å². The molecule has 1 aromatic heterocycles. The number of aromatic nitrogens is 2. The van der Waals surface area contributed by atoms with Crippen molar-refractivity contribution in [2.45, 2.75) is 13.0 Å². The first-order valence-electron chi connectivity index (χ1n) is 7.43. The smallest absolute Gasteiger partial charge is 0.321 e. The second-order valence-corrected chi connectivity index (χ2v) is 5.77. The summed E-state index contributed by atoms with van der Waals surface area (Å²) in [6.45, 7) is 3.35. The number of likely N-dealkylation sites (N-methyl/N-ethyl adjacent to an activating group) is 1. The number of carbonyl (C=O) groups excluding carboxylic acids is 1. The van der Waals surface area contributed by atoms with Gasteiger partial charge in [-0.25, -0.2) is 9.89 Å². The zero-order valence-corrected chi connectivity index (χ0v) is 13.1. The summed E-state index contributed by atoms with van der Waals surface area (Å²) in [5.74, 6) is 0. The van der Waals surface area contributed by atoms with Gasteiger partial charge < -0.3 is 15.1 Å². The Labute approximate surface area is 133 Å². The molecule has 0 unspecified atom stereocenters. The largest absolute Gasteiger partial charge is 0.366 e. The molecule has 2 heterocycles. The van der Waals surface area contributed by atoms with Crippen molar-refractivity contribution in [3.05, 3.63) is 52.4 Å². The third-order valence-electron chi connectivity index (χ3n) is 4.02. The molecule has 1 aromatic carbocycles. The van der Waals surface area contributed by atoms with Crippen molar-refractivity contribution in [3.63, 3.8) is 0 Å². The number of nitrogens with zero attached hydrogens (tertiary/aromatic N) is 3. The van der Waals surface area contributed by atoms with E-state index in [1.807, 2.05) is 36.1 Å². The number of amides is 2. The van der Waals surface area contributed by atoms with Gasteiger partial charge in [-0.05, 0) is 24.6 Å². The van der Waals surface area contributed by atoms with E-state index in [4.69, 9.17) is 0 Å². The predicted octanol–water partition coefficient (Wildman–Crippen LogP) is 1.43. The predicted molar refractivity (Wildman–Crippen MR) is 88.8 cm³/mol. The monoisotopic (exact) mass is 313 g/mol. The molecule has 0 aliphatic carbocycles. The Balaban J connectivity index is 1.56. The summed E-state index contributed by atoms with van der Waals surface area (Å²) in [7, 11) is 1.78. The molecule has 1 aliphatic rings. The number of hydrogen-bond donors (Lipinski definition) is 2. The van der Waals surface area contributed by atoms with E-state index in [0.29, 0.717) is 13.1 Å². The second-order valence-electron chi connectivity index (χ2n) is 5.77. The van der Waals surface area contributed by atoms with Gasteiger partial charge in [0.2, 0.25) is 0 Å². The van der Waals surface area contributed by atoms with Crippen molar-refractivity contribution < 1.29 is 4.79 Å². The van der Waals surface area contributed by atoms with Crippen LogP contribution in [0.2, 0.25) is 0 Å².